The minimum absolute atomic E-state index is 0.269. The molecule has 0 saturated heterocycles. The fraction of sp³-hybridized carbons (Fsp3) is 0.400. The zero-order valence-corrected chi connectivity index (χ0v) is 11.2. The van der Waals surface area contributed by atoms with E-state index in [0.29, 0.717) is 5.57 Å². The SMILES string of the molecule is Cc1ccc2c(c1)C=C(C(=O)OC(C)(C)C)CO2. The second-order valence-corrected chi connectivity index (χ2v) is 5.50. The van der Waals surface area contributed by atoms with Crippen LogP contribution in [0, 0.1) is 6.92 Å². The summed E-state index contributed by atoms with van der Waals surface area (Å²) in [7, 11) is 0. The van der Waals surface area contributed by atoms with Gasteiger partial charge in [0.1, 0.15) is 18.0 Å². The Bertz CT molecular complexity index is 507. The standard InChI is InChI=1S/C15H18O3/c1-10-5-6-13-11(7-10)8-12(9-17-13)14(16)18-15(2,3)4/h5-8H,9H2,1-4H3. The van der Waals surface area contributed by atoms with Gasteiger partial charge >= 0.3 is 5.97 Å². The third-order valence-corrected chi connectivity index (χ3v) is 2.54. The van der Waals surface area contributed by atoms with Gasteiger partial charge in [-0.2, -0.15) is 0 Å². The van der Waals surface area contributed by atoms with Crippen molar-refractivity contribution in [1.82, 2.24) is 0 Å². The van der Waals surface area contributed by atoms with Gasteiger partial charge in [-0.1, -0.05) is 11.6 Å². The van der Waals surface area contributed by atoms with E-state index >= 15 is 0 Å². The highest BCUT2D eigenvalue weighted by molar-refractivity contribution is 5.95. The molecule has 0 amide bonds. The van der Waals surface area contributed by atoms with Crippen LogP contribution in [0.1, 0.15) is 31.9 Å². The summed E-state index contributed by atoms with van der Waals surface area (Å²) in [6, 6.07) is 5.91. The first kappa shape index (κ1) is 12.7. The summed E-state index contributed by atoms with van der Waals surface area (Å²) in [6.45, 7) is 7.84. The maximum absolute atomic E-state index is 11.9. The summed E-state index contributed by atoms with van der Waals surface area (Å²) >= 11 is 0. The molecule has 18 heavy (non-hydrogen) atoms. The molecule has 0 unspecified atom stereocenters. The zero-order valence-electron chi connectivity index (χ0n) is 11.2. The fourth-order valence-corrected chi connectivity index (χ4v) is 1.76. The number of carbonyl (C=O) groups is 1. The lowest BCUT2D eigenvalue weighted by molar-refractivity contribution is -0.150. The molecule has 1 heterocycles. The molecule has 1 aromatic carbocycles. The highest BCUT2D eigenvalue weighted by Crippen LogP contribution is 2.28. The van der Waals surface area contributed by atoms with Gasteiger partial charge in [-0.15, -0.1) is 0 Å². The third kappa shape index (κ3) is 2.92. The number of benzene rings is 1. The van der Waals surface area contributed by atoms with Crippen LogP contribution in [0.25, 0.3) is 6.08 Å². The summed E-state index contributed by atoms with van der Waals surface area (Å²) in [6.07, 6.45) is 1.85. The molecule has 2 rings (SSSR count). The van der Waals surface area contributed by atoms with E-state index in [1.165, 1.54) is 0 Å². The van der Waals surface area contributed by atoms with E-state index in [1.54, 1.807) is 0 Å². The minimum Gasteiger partial charge on any atom is -0.488 e. The summed E-state index contributed by atoms with van der Waals surface area (Å²) in [5.74, 6) is 0.502. The fourth-order valence-electron chi connectivity index (χ4n) is 1.76. The van der Waals surface area contributed by atoms with Gasteiger partial charge in [-0.05, 0) is 45.9 Å². The number of hydrogen-bond donors (Lipinski definition) is 0. The minimum atomic E-state index is -0.481. The molecule has 0 atom stereocenters. The molecule has 0 spiro atoms. The average molecular weight is 246 g/mol. The molecule has 0 radical (unpaired) electrons. The second kappa shape index (κ2) is 4.48. The van der Waals surface area contributed by atoms with Crippen LogP contribution in [0.5, 0.6) is 5.75 Å². The summed E-state index contributed by atoms with van der Waals surface area (Å²) < 4.78 is 10.9. The second-order valence-electron chi connectivity index (χ2n) is 5.50. The van der Waals surface area contributed by atoms with Crippen LogP contribution in [0.2, 0.25) is 0 Å². The molecule has 1 aliphatic heterocycles. The molecule has 0 fully saturated rings. The summed E-state index contributed by atoms with van der Waals surface area (Å²) in [4.78, 5) is 11.9. The quantitative estimate of drug-likeness (QED) is 0.714. The number of ether oxygens (including phenoxy) is 2. The molecule has 0 saturated carbocycles. The highest BCUT2D eigenvalue weighted by atomic mass is 16.6. The van der Waals surface area contributed by atoms with Gasteiger partial charge in [0, 0.05) is 5.56 Å². The van der Waals surface area contributed by atoms with Crippen molar-refractivity contribution in [2.75, 3.05) is 6.61 Å². The van der Waals surface area contributed by atoms with Crippen LogP contribution in [0.4, 0.5) is 0 Å². The number of fused-ring (bicyclic) bond motifs is 1. The average Bonchev–Trinajstić information content (AvgIpc) is 2.25. The monoisotopic (exact) mass is 246 g/mol. The van der Waals surface area contributed by atoms with E-state index in [0.717, 1.165) is 16.9 Å². The lowest BCUT2D eigenvalue weighted by atomic mass is 10.0. The van der Waals surface area contributed by atoms with Gasteiger partial charge < -0.3 is 9.47 Å². The topological polar surface area (TPSA) is 35.5 Å². The predicted molar refractivity (Wildman–Crippen MR) is 70.5 cm³/mol. The largest absolute Gasteiger partial charge is 0.488 e. The summed E-state index contributed by atoms with van der Waals surface area (Å²) in [5, 5.41) is 0. The Morgan fingerprint density at radius 1 is 1.33 bits per heavy atom. The van der Waals surface area contributed by atoms with E-state index in [4.69, 9.17) is 9.47 Å². The molecule has 96 valence electrons. The molecular formula is C15H18O3. The Labute approximate surface area is 107 Å². The van der Waals surface area contributed by atoms with Gasteiger partial charge in [0.25, 0.3) is 0 Å². The van der Waals surface area contributed by atoms with E-state index in [-0.39, 0.29) is 12.6 Å². The molecular weight excluding hydrogens is 228 g/mol. The van der Waals surface area contributed by atoms with Gasteiger partial charge in [0.2, 0.25) is 0 Å². The molecule has 0 aromatic heterocycles. The highest BCUT2D eigenvalue weighted by Gasteiger charge is 2.23. The van der Waals surface area contributed by atoms with Crippen molar-refractivity contribution in [3.63, 3.8) is 0 Å². The molecule has 3 nitrogen and oxygen atoms in total. The van der Waals surface area contributed by atoms with Crippen molar-refractivity contribution in [1.29, 1.82) is 0 Å². The normalized spacial score (nSPS) is 14.3. The first-order chi connectivity index (χ1) is 8.35. The van der Waals surface area contributed by atoms with E-state index in [1.807, 2.05) is 52.0 Å². The molecule has 1 aliphatic rings. The molecule has 3 heteroatoms. The zero-order chi connectivity index (χ0) is 13.3. The van der Waals surface area contributed by atoms with Crippen molar-refractivity contribution in [2.24, 2.45) is 0 Å². The van der Waals surface area contributed by atoms with Crippen LogP contribution in [0.15, 0.2) is 23.8 Å². The van der Waals surface area contributed by atoms with E-state index in [9.17, 15) is 4.79 Å². The first-order valence-corrected chi connectivity index (χ1v) is 6.02. The van der Waals surface area contributed by atoms with Crippen LogP contribution in [-0.2, 0) is 9.53 Å². The lowest BCUT2D eigenvalue weighted by Crippen LogP contribution is -2.27. The van der Waals surface area contributed by atoms with Crippen molar-refractivity contribution in [3.05, 3.63) is 34.9 Å². The molecule has 0 N–H and O–H groups in total. The molecule has 0 bridgehead atoms. The molecule has 1 aromatic rings. The Balaban J connectivity index is 2.24. The smallest absolute Gasteiger partial charge is 0.338 e. The third-order valence-electron chi connectivity index (χ3n) is 2.54. The number of hydrogen-bond acceptors (Lipinski definition) is 3. The van der Waals surface area contributed by atoms with Crippen molar-refractivity contribution in [2.45, 2.75) is 33.3 Å². The predicted octanol–water partition coefficient (Wildman–Crippen LogP) is 3.11. The number of esters is 1. The van der Waals surface area contributed by atoms with Crippen LogP contribution in [0.3, 0.4) is 0 Å². The summed E-state index contributed by atoms with van der Waals surface area (Å²) in [5.41, 5.74) is 2.15. The maximum atomic E-state index is 11.9. The van der Waals surface area contributed by atoms with Crippen LogP contribution in [-0.4, -0.2) is 18.2 Å². The Morgan fingerprint density at radius 2 is 2.06 bits per heavy atom. The van der Waals surface area contributed by atoms with Crippen molar-refractivity contribution < 1.29 is 14.3 Å². The van der Waals surface area contributed by atoms with E-state index < -0.39 is 5.60 Å². The number of aryl methyl sites for hydroxylation is 1. The van der Waals surface area contributed by atoms with Crippen LogP contribution >= 0.6 is 0 Å². The number of rotatable bonds is 1. The van der Waals surface area contributed by atoms with Crippen molar-refractivity contribution >= 4 is 12.0 Å². The van der Waals surface area contributed by atoms with Crippen molar-refractivity contribution in [3.8, 4) is 5.75 Å². The first-order valence-electron chi connectivity index (χ1n) is 6.02. The molecule has 0 aliphatic carbocycles. The van der Waals surface area contributed by atoms with Gasteiger partial charge in [-0.25, -0.2) is 4.79 Å². The van der Waals surface area contributed by atoms with E-state index in [2.05, 4.69) is 0 Å². The van der Waals surface area contributed by atoms with Gasteiger partial charge in [0.15, 0.2) is 0 Å². The van der Waals surface area contributed by atoms with Crippen LogP contribution < -0.4 is 4.74 Å². The Kier molecular flexibility index (Phi) is 3.16. The van der Waals surface area contributed by atoms with Gasteiger partial charge in [-0.3, -0.25) is 0 Å². The number of carbonyl (C=O) groups excluding carboxylic acids is 1. The lowest BCUT2D eigenvalue weighted by Gasteiger charge is -2.23. The maximum Gasteiger partial charge on any atom is 0.338 e. The Morgan fingerprint density at radius 3 is 2.72 bits per heavy atom. The van der Waals surface area contributed by atoms with Gasteiger partial charge in [0.05, 0.1) is 5.57 Å². The Hall–Kier alpha value is -1.77.